The number of rotatable bonds is 3. The van der Waals surface area contributed by atoms with Crippen LogP contribution in [0.1, 0.15) is 5.69 Å². The van der Waals surface area contributed by atoms with Gasteiger partial charge in [0.15, 0.2) is 0 Å². The van der Waals surface area contributed by atoms with E-state index < -0.39 is 0 Å². The SMILES string of the molecule is C=C(O)c1nc(OC)sc1-c1ccccc1. The van der Waals surface area contributed by atoms with Crippen LogP contribution in [0.3, 0.4) is 0 Å². The maximum absolute atomic E-state index is 9.47. The fourth-order valence-corrected chi connectivity index (χ4v) is 2.28. The summed E-state index contributed by atoms with van der Waals surface area (Å²) in [4.78, 5) is 5.02. The molecule has 2 aromatic rings. The third kappa shape index (κ3) is 1.92. The molecule has 0 unspecified atom stereocenters. The van der Waals surface area contributed by atoms with Crippen molar-refractivity contribution in [1.82, 2.24) is 4.98 Å². The predicted molar refractivity (Wildman–Crippen MR) is 65.8 cm³/mol. The lowest BCUT2D eigenvalue weighted by Gasteiger charge is -1.99. The number of thiazole rings is 1. The van der Waals surface area contributed by atoms with Crippen molar-refractivity contribution in [1.29, 1.82) is 0 Å². The fourth-order valence-electron chi connectivity index (χ4n) is 1.37. The van der Waals surface area contributed by atoms with Crippen molar-refractivity contribution in [3.8, 4) is 15.6 Å². The maximum Gasteiger partial charge on any atom is 0.274 e. The van der Waals surface area contributed by atoms with Gasteiger partial charge in [0.25, 0.3) is 5.19 Å². The van der Waals surface area contributed by atoms with Gasteiger partial charge < -0.3 is 9.84 Å². The Morgan fingerprint density at radius 3 is 2.62 bits per heavy atom. The van der Waals surface area contributed by atoms with Crippen molar-refractivity contribution in [2.24, 2.45) is 0 Å². The normalized spacial score (nSPS) is 10.1. The first-order chi connectivity index (χ1) is 7.72. The largest absolute Gasteiger partial charge is 0.506 e. The summed E-state index contributed by atoms with van der Waals surface area (Å²) in [5.41, 5.74) is 1.47. The number of ether oxygens (including phenoxy) is 1. The highest BCUT2D eigenvalue weighted by Crippen LogP contribution is 2.36. The van der Waals surface area contributed by atoms with Gasteiger partial charge in [-0.05, 0) is 5.56 Å². The zero-order chi connectivity index (χ0) is 11.5. The lowest BCUT2D eigenvalue weighted by molar-refractivity contribution is 0.410. The number of aliphatic hydroxyl groups is 1. The van der Waals surface area contributed by atoms with Crippen molar-refractivity contribution in [2.45, 2.75) is 0 Å². The minimum Gasteiger partial charge on any atom is -0.506 e. The summed E-state index contributed by atoms with van der Waals surface area (Å²) < 4.78 is 5.06. The molecule has 1 aromatic carbocycles. The standard InChI is InChI=1S/C12H11NO2S/c1-8(14)10-11(16-12(13-10)15-2)9-6-4-3-5-7-9/h3-7,14H,1H2,2H3. The first-order valence-electron chi connectivity index (χ1n) is 4.71. The summed E-state index contributed by atoms with van der Waals surface area (Å²) in [7, 11) is 1.55. The van der Waals surface area contributed by atoms with Gasteiger partial charge in [-0.1, -0.05) is 48.2 Å². The van der Waals surface area contributed by atoms with Gasteiger partial charge in [0.05, 0.1) is 12.0 Å². The molecule has 0 amide bonds. The number of hydrogen-bond donors (Lipinski definition) is 1. The molecule has 4 heteroatoms. The van der Waals surface area contributed by atoms with Crippen LogP contribution in [0.4, 0.5) is 0 Å². The third-order valence-electron chi connectivity index (χ3n) is 2.09. The van der Waals surface area contributed by atoms with Gasteiger partial charge in [-0.3, -0.25) is 0 Å². The average molecular weight is 233 g/mol. The topological polar surface area (TPSA) is 42.4 Å². The molecule has 0 aliphatic heterocycles. The zero-order valence-electron chi connectivity index (χ0n) is 8.80. The molecule has 0 spiro atoms. The van der Waals surface area contributed by atoms with Crippen LogP contribution in [0.5, 0.6) is 5.19 Å². The number of aromatic nitrogens is 1. The smallest absolute Gasteiger partial charge is 0.274 e. The van der Waals surface area contributed by atoms with Gasteiger partial charge >= 0.3 is 0 Å². The van der Waals surface area contributed by atoms with Crippen LogP contribution in [0.15, 0.2) is 36.9 Å². The lowest BCUT2D eigenvalue weighted by Crippen LogP contribution is -1.86. The number of nitrogens with zero attached hydrogens (tertiary/aromatic N) is 1. The molecule has 1 aromatic heterocycles. The molecule has 0 radical (unpaired) electrons. The Bertz CT molecular complexity index is 505. The molecule has 2 rings (SSSR count). The average Bonchev–Trinajstić information content (AvgIpc) is 2.74. The van der Waals surface area contributed by atoms with Crippen LogP contribution in [0.25, 0.3) is 16.2 Å². The van der Waals surface area contributed by atoms with Gasteiger partial charge in [-0.15, -0.1) is 0 Å². The van der Waals surface area contributed by atoms with E-state index in [4.69, 9.17) is 4.74 Å². The van der Waals surface area contributed by atoms with Crippen molar-refractivity contribution < 1.29 is 9.84 Å². The summed E-state index contributed by atoms with van der Waals surface area (Å²) in [6, 6.07) is 9.73. The van der Waals surface area contributed by atoms with Crippen LogP contribution in [0.2, 0.25) is 0 Å². The van der Waals surface area contributed by atoms with Gasteiger partial charge in [0.1, 0.15) is 11.5 Å². The molecular weight excluding hydrogens is 222 g/mol. The molecule has 1 heterocycles. The van der Waals surface area contributed by atoms with Gasteiger partial charge in [-0.25, -0.2) is 0 Å². The highest BCUT2D eigenvalue weighted by molar-refractivity contribution is 7.17. The molecule has 0 aliphatic rings. The van der Waals surface area contributed by atoms with E-state index in [0.717, 1.165) is 10.4 Å². The summed E-state index contributed by atoms with van der Waals surface area (Å²) >= 11 is 1.39. The van der Waals surface area contributed by atoms with E-state index in [-0.39, 0.29) is 5.76 Å². The molecular formula is C12H11NO2S. The van der Waals surface area contributed by atoms with E-state index >= 15 is 0 Å². The number of aliphatic hydroxyl groups excluding tert-OH is 1. The van der Waals surface area contributed by atoms with Gasteiger partial charge in [-0.2, -0.15) is 4.98 Å². The van der Waals surface area contributed by atoms with Crippen LogP contribution in [-0.2, 0) is 0 Å². The molecule has 3 nitrogen and oxygen atoms in total. The van der Waals surface area contributed by atoms with Crippen LogP contribution in [-0.4, -0.2) is 17.2 Å². The van der Waals surface area contributed by atoms with Gasteiger partial charge in [0.2, 0.25) is 0 Å². The Hall–Kier alpha value is -1.81. The second kappa shape index (κ2) is 4.37. The summed E-state index contributed by atoms with van der Waals surface area (Å²) in [6.45, 7) is 3.50. The van der Waals surface area contributed by atoms with E-state index in [1.165, 1.54) is 11.3 Å². The second-order valence-corrected chi connectivity index (χ2v) is 4.14. The quantitative estimate of drug-likeness (QED) is 0.827. The van der Waals surface area contributed by atoms with Crippen molar-refractivity contribution in [2.75, 3.05) is 7.11 Å². The van der Waals surface area contributed by atoms with E-state index in [0.29, 0.717) is 10.9 Å². The zero-order valence-corrected chi connectivity index (χ0v) is 9.62. The van der Waals surface area contributed by atoms with E-state index in [9.17, 15) is 5.11 Å². The minimum atomic E-state index is -0.0431. The molecule has 0 aliphatic carbocycles. The first-order valence-corrected chi connectivity index (χ1v) is 5.52. The monoisotopic (exact) mass is 233 g/mol. The lowest BCUT2D eigenvalue weighted by atomic mass is 10.1. The number of hydrogen-bond acceptors (Lipinski definition) is 4. The Morgan fingerprint density at radius 2 is 2.06 bits per heavy atom. The Kier molecular flexibility index (Phi) is 2.92. The Labute approximate surface area is 97.7 Å². The second-order valence-electron chi connectivity index (χ2n) is 3.17. The molecule has 0 fully saturated rings. The van der Waals surface area contributed by atoms with E-state index in [1.54, 1.807) is 7.11 Å². The Balaban J connectivity index is 2.55. The predicted octanol–water partition coefficient (Wildman–Crippen LogP) is 3.35. The van der Waals surface area contributed by atoms with E-state index in [1.807, 2.05) is 30.3 Å². The molecule has 16 heavy (non-hydrogen) atoms. The first kappa shape index (κ1) is 10.7. The number of methoxy groups -OCH3 is 1. The van der Waals surface area contributed by atoms with Crippen molar-refractivity contribution >= 4 is 17.1 Å². The van der Waals surface area contributed by atoms with Gasteiger partial charge in [0, 0.05) is 0 Å². The van der Waals surface area contributed by atoms with Crippen LogP contribution < -0.4 is 4.74 Å². The summed E-state index contributed by atoms with van der Waals surface area (Å²) in [5, 5.41) is 9.99. The van der Waals surface area contributed by atoms with E-state index in [2.05, 4.69) is 11.6 Å². The van der Waals surface area contributed by atoms with Crippen molar-refractivity contribution in [3.63, 3.8) is 0 Å². The molecule has 1 N–H and O–H groups in total. The van der Waals surface area contributed by atoms with Crippen molar-refractivity contribution in [3.05, 3.63) is 42.6 Å². The molecule has 0 bridgehead atoms. The number of benzene rings is 1. The Morgan fingerprint density at radius 1 is 1.38 bits per heavy atom. The molecule has 82 valence electrons. The molecule has 0 saturated heterocycles. The third-order valence-corrected chi connectivity index (χ3v) is 3.16. The van der Waals surface area contributed by atoms with Crippen LogP contribution >= 0.6 is 11.3 Å². The highest BCUT2D eigenvalue weighted by atomic mass is 32.1. The summed E-state index contributed by atoms with van der Waals surface area (Å²) in [5.74, 6) is -0.0431. The maximum atomic E-state index is 9.47. The highest BCUT2D eigenvalue weighted by Gasteiger charge is 2.15. The molecule has 0 atom stereocenters. The summed E-state index contributed by atoms with van der Waals surface area (Å²) in [6.07, 6.45) is 0. The van der Waals surface area contributed by atoms with Crippen LogP contribution in [0, 0.1) is 0 Å². The minimum absolute atomic E-state index is 0.0431. The molecule has 0 saturated carbocycles. The fraction of sp³-hybridized carbons (Fsp3) is 0.0833.